The van der Waals surface area contributed by atoms with E-state index in [2.05, 4.69) is 0 Å². The van der Waals surface area contributed by atoms with E-state index in [1.165, 1.54) is 13.5 Å². The molecule has 19 heavy (non-hydrogen) atoms. The summed E-state index contributed by atoms with van der Waals surface area (Å²) >= 11 is 0. The van der Waals surface area contributed by atoms with Crippen LogP contribution in [0.5, 0.6) is 11.5 Å². The lowest BCUT2D eigenvalue weighted by atomic mass is 9.85. The van der Waals surface area contributed by atoms with Crippen molar-refractivity contribution in [1.82, 2.24) is 0 Å². The third-order valence-electron chi connectivity index (χ3n) is 3.60. The third-order valence-corrected chi connectivity index (χ3v) is 3.60. The number of ether oxygens (including phenoxy) is 2. The van der Waals surface area contributed by atoms with Crippen molar-refractivity contribution in [2.45, 2.75) is 37.7 Å². The first kappa shape index (κ1) is 13.9. The smallest absolute Gasteiger partial charge is 0.161 e. The Morgan fingerprint density at radius 2 is 2.00 bits per heavy atom. The molecule has 1 saturated carbocycles. The summed E-state index contributed by atoms with van der Waals surface area (Å²) in [5, 5.41) is 10.4. The van der Waals surface area contributed by atoms with Crippen molar-refractivity contribution in [3.63, 3.8) is 0 Å². The molecule has 0 heterocycles. The Hall–Kier alpha value is -1.55. The quantitative estimate of drug-likeness (QED) is 0.830. The molecule has 0 spiro atoms. The Bertz CT molecular complexity index is 436. The first-order chi connectivity index (χ1) is 9.17. The molecule has 0 unspecified atom stereocenters. The second-order valence-corrected chi connectivity index (χ2v) is 5.10. The molecule has 1 aliphatic rings. The Morgan fingerprint density at radius 3 is 2.63 bits per heavy atom. The van der Waals surface area contributed by atoms with E-state index in [9.17, 15) is 9.90 Å². The maximum absolute atomic E-state index is 10.7. The molecule has 1 aromatic rings. The first-order valence-electron chi connectivity index (χ1n) is 6.65. The van der Waals surface area contributed by atoms with Crippen LogP contribution in [0.4, 0.5) is 0 Å². The molecule has 1 aromatic carbocycles. The van der Waals surface area contributed by atoms with Gasteiger partial charge in [-0.2, -0.15) is 0 Å². The summed E-state index contributed by atoms with van der Waals surface area (Å²) in [7, 11) is 1.53. The number of hydrogen-bond acceptors (Lipinski definition) is 4. The van der Waals surface area contributed by atoms with Gasteiger partial charge in [-0.15, -0.1) is 0 Å². The van der Waals surface area contributed by atoms with Crippen molar-refractivity contribution in [1.29, 1.82) is 0 Å². The second-order valence-electron chi connectivity index (χ2n) is 5.10. The number of aliphatic hydroxyl groups is 1. The molecule has 104 valence electrons. The normalized spacial score (nSPS) is 17.8. The van der Waals surface area contributed by atoms with Gasteiger partial charge in [-0.05, 0) is 31.0 Å². The van der Waals surface area contributed by atoms with Gasteiger partial charge in [0.05, 0.1) is 12.7 Å². The number of aldehydes is 1. The van der Waals surface area contributed by atoms with Crippen molar-refractivity contribution in [2.24, 2.45) is 0 Å². The summed E-state index contributed by atoms with van der Waals surface area (Å²) < 4.78 is 10.9. The largest absolute Gasteiger partial charge is 0.493 e. The molecule has 4 nitrogen and oxygen atoms in total. The van der Waals surface area contributed by atoms with Crippen LogP contribution in [0.3, 0.4) is 0 Å². The molecular weight excluding hydrogens is 244 g/mol. The molecular formula is C15H20O4. The lowest BCUT2D eigenvalue weighted by Gasteiger charge is -2.31. The highest BCUT2D eigenvalue weighted by Gasteiger charge is 2.30. The van der Waals surface area contributed by atoms with Crippen LogP contribution in [-0.4, -0.2) is 30.7 Å². The van der Waals surface area contributed by atoms with E-state index in [0.29, 0.717) is 17.1 Å². The van der Waals surface area contributed by atoms with Crippen LogP contribution in [0.25, 0.3) is 0 Å². The Kier molecular flexibility index (Phi) is 4.43. The van der Waals surface area contributed by atoms with Crippen LogP contribution in [0.2, 0.25) is 0 Å². The number of carbonyl (C=O) groups excluding carboxylic acids is 1. The van der Waals surface area contributed by atoms with E-state index < -0.39 is 5.60 Å². The molecule has 1 fully saturated rings. The van der Waals surface area contributed by atoms with Gasteiger partial charge in [-0.1, -0.05) is 19.3 Å². The molecule has 0 radical (unpaired) electrons. The predicted octanol–water partition coefficient (Wildman–Crippen LogP) is 2.58. The zero-order chi connectivity index (χ0) is 13.7. The van der Waals surface area contributed by atoms with Crippen LogP contribution in [0.15, 0.2) is 18.2 Å². The molecule has 1 N–H and O–H groups in total. The van der Waals surface area contributed by atoms with Crippen LogP contribution in [0, 0.1) is 0 Å². The lowest BCUT2D eigenvalue weighted by molar-refractivity contribution is -0.0343. The number of benzene rings is 1. The van der Waals surface area contributed by atoms with Crippen molar-refractivity contribution >= 4 is 6.29 Å². The zero-order valence-corrected chi connectivity index (χ0v) is 11.2. The molecule has 0 atom stereocenters. The summed E-state index contributed by atoms with van der Waals surface area (Å²) in [6.07, 6.45) is 5.59. The Labute approximate surface area is 113 Å². The van der Waals surface area contributed by atoms with E-state index >= 15 is 0 Å². The highest BCUT2D eigenvalue weighted by Crippen LogP contribution is 2.32. The molecule has 0 bridgehead atoms. The van der Waals surface area contributed by atoms with Gasteiger partial charge >= 0.3 is 0 Å². The summed E-state index contributed by atoms with van der Waals surface area (Å²) in [6, 6.07) is 5.01. The monoisotopic (exact) mass is 264 g/mol. The molecule has 0 aliphatic heterocycles. The number of carbonyl (C=O) groups is 1. The summed E-state index contributed by atoms with van der Waals surface area (Å²) in [5.74, 6) is 1.08. The van der Waals surface area contributed by atoms with E-state index in [0.717, 1.165) is 32.0 Å². The molecule has 1 aliphatic carbocycles. The SMILES string of the molecule is COc1cc(C=O)ccc1OCC1(O)CCCCC1. The van der Waals surface area contributed by atoms with E-state index in [4.69, 9.17) is 9.47 Å². The Morgan fingerprint density at radius 1 is 1.26 bits per heavy atom. The minimum atomic E-state index is -0.730. The topological polar surface area (TPSA) is 55.8 Å². The fraction of sp³-hybridized carbons (Fsp3) is 0.533. The molecule has 4 heteroatoms. The third kappa shape index (κ3) is 3.47. The summed E-state index contributed by atoms with van der Waals surface area (Å²) in [4.78, 5) is 10.7. The number of rotatable bonds is 5. The highest BCUT2D eigenvalue weighted by molar-refractivity contribution is 5.76. The van der Waals surface area contributed by atoms with E-state index in [-0.39, 0.29) is 6.61 Å². The average Bonchev–Trinajstić information content (AvgIpc) is 2.45. The molecule has 2 rings (SSSR count). The van der Waals surface area contributed by atoms with Gasteiger partial charge in [0.1, 0.15) is 12.9 Å². The van der Waals surface area contributed by atoms with Crippen LogP contribution >= 0.6 is 0 Å². The van der Waals surface area contributed by atoms with E-state index in [1.54, 1.807) is 18.2 Å². The zero-order valence-electron chi connectivity index (χ0n) is 11.2. The van der Waals surface area contributed by atoms with Gasteiger partial charge in [-0.3, -0.25) is 4.79 Å². The minimum Gasteiger partial charge on any atom is -0.493 e. The van der Waals surface area contributed by atoms with Gasteiger partial charge in [0.2, 0.25) is 0 Å². The maximum Gasteiger partial charge on any atom is 0.161 e. The van der Waals surface area contributed by atoms with E-state index in [1.807, 2.05) is 0 Å². The second kappa shape index (κ2) is 6.06. The van der Waals surface area contributed by atoms with Crippen molar-refractivity contribution in [2.75, 3.05) is 13.7 Å². The average molecular weight is 264 g/mol. The molecule has 0 aromatic heterocycles. The van der Waals surface area contributed by atoms with Crippen molar-refractivity contribution in [3.05, 3.63) is 23.8 Å². The lowest BCUT2D eigenvalue weighted by Crippen LogP contribution is -2.37. The van der Waals surface area contributed by atoms with Gasteiger partial charge in [0, 0.05) is 5.56 Å². The van der Waals surface area contributed by atoms with Crippen molar-refractivity contribution < 1.29 is 19.4 Å². The number of hydrogen-bond donors (Lipinski definition) is 1. The fourth-order valence-corrected chi connectivity index (χ4v) is 2.44. The summed E-state index contributed by atoms with van der Waals surface area (Å²) in [6.45, 7) is 0.268. The first-order valence-corrected chi connectivity index (χ1v) is 6.65. The van der Waals surface area contributed by atoms with Crippen LogP contribution < -0.4 is 9.47 Å². The van der Waals surface area contributed by atoms with Gasteiger partial charge in [0.25, 0.3) is 0 Å². The van der Waals surface area contributed by atoms with Gasteiger partial charge in [-0.25, -0.2) is 0 Å². The molecule has 0 saturated heterocycles. The molecule has 0 amide bonds. The number of methoxy groups -OCH3 is 1. The summed E-state index contributed by atoms with van der Waals surface area (Å²) in [5.41, 5.74) is -0.187. The fourth-order valence-electron chi connectivity index (χ4n) is 2.44. The van der Waals surface area contributed by atoms with Crippen LogP contribution in [-0.2, 0) is 0 Å². The maximum atomic E-state index is 10.7. The van der Waals surface area contributed by atoms with Gasteiger partial charge < -0.3 is 14.6 Å². The predicted molar refractivity (Wildman–Crippen MR) is 71.9 cm³/mol. The van der Waals surface area contributed by atoms with Crippen molar-refractivity contribution in [3.8, 4) is 11.5 Å². The Balaban J connectivity index is 2.04. The standard InChI is InChI=1S/C15H20O4/c1-18-14-9-12(10-16)5-6-13(14)19-11-15(17)7-3-2-4-8-15/h5-6,9-10,17H,2-4,7-8,11H2,1H3. The highest BCUT2D eigenvalue weighted by atomic mass is 16.5. The minimum absolute atomic E-state index is 0.268. The van der Waals surface area contributed by atoms with Gasteiger partial charge in [0.15, 0.2) is 11.5 Å². The van der Waals surface area contributed by atoms with Crippen LogP contribution in [0.1, 0.15) is 42.5 Å².